The maximum atomic E-state index is 13.3. The van der Waals surface area contributed by atoms with Crippen LogP contribution in [0.1, 0.15) is 55.7 Å². The van der Waals surface area contributed by atoms with E-state index in [4.69, 9.17) is 0 Å². The molecule has 1 aromatic rings. The molecule has 110 valence electrons. The number of hydrogen-bond acceptors (Lipinski definition) is 2. The number of fused-ring (bicyclic) bond motifs is 1. The molecular formula is C19H23NO. The van der Waals surface area contributed by atoms with Gasteiger partial charge < -0.3 is 0 Å². The summed E-state index contributed by atoms with van der Waals surface area (Å²) < 4.78 is 0. The smallest absolute Gasteiger partial charge is 0.145 e. The number of rotatable bonds is 2. The standard InChI is InChI=1S/C19H23NO/c21-19(16-4-3-13-2-1-5-20-18(13)16)17-14-7-11-6-12(9-14)10-15(17)8-11/h1-2,5,11-12,14-17H,3-4,6-10H2. The van der Waals surface area contributed by atoms with Crippen LogP contribution in [0.4, 0.5) is 0 Å². The summed E-state index contributed by atoms with van der Waals surface area (Å²) in [6.07, 6.45) is 10.7. The Balaban J connectivity index is 1.45. The van der Waals surface area contributed by atoms with Gasteiger partial charge in [-0.3, -0.25) is 9.78 Å². The number of aromatic nitrogens is 1. The molecule has 0 saturated heterocycles. The normalized spacial score (nSPS) is 43.0. The molecular weight excluding hydrogens is 258 g/mol. The molecule has 1 atom stereocenters. The molecule has 21 heavy (non-hydrogen) atoms. The number of aryl methyl sites for hydroxylation is 1. The largest absolute Gasteiger partial charge is 0.299 e. The van der Waals surface area contributed by atoms with Gasteiger partial charge in [-0.2, -0.15) is 0 Å². The highest BCUT2D eigenvalue weighted by molar-refractivity contribution is 5.89. The zero-order valence-corrected chi connectivity index (χ0v) is 12.5. The summed E-state index contributed by atoms with van der Waals surface area (Å²) in [7, 11) is 0. The number of pyridine rings is 1. The summed E-state index contributed by atoms with van der Waals surface area (Å²) in [6, 6.07) is 4.17. The molecule has 4 bridgehead atoms. The van der Waals surface area contributed by atoms with Gasteiger partial charge in [0, 0.05) is 12.1 Å². The van der Waals surface area contributed by atoms with E-state index in [-0.39, 0.29) is 5.92 Å². The first kappa shape index (κ1) is 12.4. The predicted molar refractivity (Wildman–Crippen MR) is 80.8 cm³/mol. The van der Waals surface area contributed by atoms with Crippen LogP contribution in [0.25, 0.3) is 0 Å². The van der Waals surface area contributed by atoms with Crippen molar-refractivity contribution >= 4 is 5.78 Å². The lowest BCUT2D eigenvalue weighted by atomic mass is 9.50. The van der Waals surface area contributed by atoms with E-state index in [0.29, 0.717) is 23.5 Å². The van der Waals surface area contributed by atoms with Crippen molar-refractivity contribution in [3.05, 3.63) is 29.6 Å². The van der Waals surface area contributed by atoms with E-state index in [1.54, 1.807) is 0 Å². The van der Waals surface area contributed by atoms with Crippen molar-refractivity contribution < 1.29 is 4.79 Å². The van der Waals surface area contributed by atoms with Gasteiger partial charge in [-0.05, 0) is 80.2 Å². The fourth-order valence-electron chi connectivity index (χ4n) is 6.31. The van der Waals surface area contributed by atoms with Crippen LogP contribution in [0.5, 0.6) is 0 Å². The van der Waals surface area contributed by atoms with Crippen molar-refractivity contribution in [2.75, 3.05) is 0 Å². The van der Waals surface area contributed by atoms with E-state index in [1.165, 1.54) is 37.7 Å². The summed E-state index contributed by atoms with van der Waals surface area (Å²) in [6.45, 7) is 0. The average Bonchev–Trinajstić information content (AvgIpc) is 2.89. The third kappa shape index (κ3) is 1.77. The van der Waals surface area contributed by atoms with Crippen LogP contribution < -0.4 is 0 Å². The third-order valence-electron chi connectivity index (χ3n) is 6.86. The summed E-state index contributed by atoms with van der Waals surface area (Å²) in [5, 5.41) is 0. The Labute approximate surface area is 126 Å². The Kier molecular flexibility index (Phi) is 2.60. The lowest BCUT2D eigenvalue weighted by molar-refractivity contribution is -0.137. The Bertz CT molecular complexity index is 565. The maximum Gasteiger partial charge on any atom is 0.145 e. The Morgan fingerprint density at radius 1 is 1.05 bits per heavy atom. The predicted octanol–water partition coefficient (Wildman–Crippen LogP) is 3.75. The molecule has 6 rings (SSSR count). The number of ketones is 1. The van der Waals surface area contributed by atoms with Crippen molar-refractivity contribution in [3.8, 4) is 0 Å². The van der Waals surface area contributed by atoms with Crippen LogP contribution in [0.2, 0.25) is 0 Å². The van der Waals surface area contributed by atoms with Gasteiger partial charge in [-0.25, -0.2) is 0 Å². The van der Waals surface area contributed by atoms with E-state index in [9.17, 15) is 4.79 Å². The summed E-state index contributed by atoms with van der Waals surface area (Å²) >= 11 is 0. The maximum absolute atomic E-state index is 13.3. The van der Waals surface area contributed by atoms with Gasteiger partial charge >= 0.3 is 0 Å². The van der Waals surface area contributed by atoms with Gasteiger partial charge in [0.2, 0.25) is 0 Å². The molecule has 1 heterocycles. The van der Waals surface area contributed by atoms with E-state index in [0.717, 1.165) is 30.4 Å². The van der Waals surface area contributed by atoms with Crippen molar-refractivity contribution in [2.24, 2.45) is 29.6 Å². The van der Waals surface area contributed by atoms with E-state index >= 15 is 0 Å². The lowest BCUT2D eigenvalue weighted by Crippen LogP contribution is -2.48. The number of Topliss-reactive ketones (excluding diaryl/α,β-unsaturated/α-hetero) is 1. The lowest BCUT2D eigenvalue weighted by Gasteiger charge is -2.54. The molecule has 0 spiro atoms. The van der Waals surface area contributed by atoms with Crippen molar-refractivity contribution in [2.45, 2.75) is 50.9 Å². The Morgan fingerprint density at radius 3 is 2.48 bits per heavy atom. The van der Waals surface area contributed by atoms with Gasteiger partial charge in [0.05, 0.1) is 11.6 Å². The Hall–Kier alpha value is -1.18. The van der Waals surface area contributed by atoms with Crippen LogP contribution in [0.3, 0.4) is 0 Å². The molecule has 5 aliphatic carbocycles. The average molecular weight is 281 g/mol. The molecule has 0 aliphatic heterocycles. The first-order valence-corrected chi connectivity index (χ1v) is 8.77. The fourth-order valence-corrected chi connectivity index (χ4v) is 6.31. The fraction of sp³-hybridized carbons (Fsp3) is 0.684. The summed E-state index contributed by atoms with van der Waals surface area (Å²) in [4.78, 5) is 17.8. The quantitative estimate of drug-likeness (QED) is 0.826. The minimum absolute atomic E-state index is 0.115. The number of carbonyl (C=O) groups excluding carboxylic acids is 1. The molecule has 1 unspecified atom stereocenters. The molecule has 1 aromatic heterocycles. The number of carbonyl (C=O) groups is 1. The molecule has 5 aliphatic rings. The molecule has 2 heteroatoms. The van der Waals surface area contributed by atoms with Crippen LogP contribution in [-0.2, 0) is 11.2 Å². The van der Waals surface area contributed by atoms with Crippen LogP contribution in [0.15, 0.2) is 18.3 Å². The minimum Gasteiger partial charge on any atom is -0.299 e. The highest BCUT2D eigenvalue weighted by Gasteiger charge is 2.52. The Morgan fingerprint density at radius 2 is 1.76 bits per heavy atom. The molecule has 4 fully saturated rings. The van der Waals surface area contributed by atoms with Gasteiger partial charge in [0.1, 0.15) is 5.78 Å². The van der Waals surface area contributed by atoms with E-state index < -0.39 is 0 Å². The topological polar surface area (TPSA) is 30.0 Å². The zero-order valence-electron chi connectivity index (χ0n) is 12.5. The van der Waals surface area contributed by atoms with Crippen molar-refractivity contribution in [1.29, 1.82) is 0 Å². The van der Waals surface area contributed by atoms with Crippen molar-refractivity contribution in [3.63, 3.8) is 0 Å². The third-order valence-corrected chi connectivity index (χ3v) is 6.86. The highest BCUT2D eigenvalue weighted by atomic mass is 16.1. The van der Waals surface area contributed by atoms with Crippen LogP contribution in [-0.4, -0.2) is 10.8 Å². The summed E-state index contributed by atoms with van der Waals surface area (Å²) in [5.74, 6) is 4.36. The summed E-state index contributed by atoms with van der Waals surface area (Å²) in [5.41, 5.74) is 2.43. The SMILES string of the molecule is O=C(C1CCc2cccnc21)C1C2CC3CC(C2)CC1C3. The van der Waals surface area contributed by atoms with Gasteiger partial charge in [-0.15, -0.1) is 0 Å². The van der Waals surface area contributed by atoms with E-state index in [1.807, 2.05) is 12.3 Å². The molecule has 0 amide bonds. The monoisotopic (exact) mass is 281 g/mol. The number of nitrogens with zero attached hydrogens (tertiary/aromatic N) is 1. The minimum atomic E-state index is 0.115. The first-order valence-electron chi connectivity index (χ1n) is 8.77. The number of hydrogen-bond donors (Lipinski definition) is 0. The molecule has 2 nitrogen and oxygen atoms in total. The zero-order chi connectivity index (χ0) is 14.0. The molecule has 0 aromatic carbocycles. The van der Waals surface area contributed by atoms with Crippen LogP contribution in [0, 0.1) is 29.6 Å². The van der Waals surface area contributed by atoms with Gasteiger partial charge in [-0.1, -0.05) is 6.07 Å². The van der Waals surface area contributed by atoms with Gasteiger partial charge in [0.15, 0.2) is 0 Å². The van der Waals surface area contributed by atoms with Gasteiger partial charge in [0.25, 0.3) is 0 Å². The molecule has 0 radical (unpaired) electrons. The second-order valence-electron chi connectivity index (χ2n) is 8.00. The molecule has 4 saturated carbocycles. The van der Waals surface area contributed by atoms with Crippen LogP contribution >= 0.6 is 0 Å². The van der Waals surface area contributed by atoms with E-state index in [2.05, 4.69) is 11.1 Å². The highest BCUT2D eigenvalue weighted by Crippen LogP contribution is 2.57. The molecule has 0 N–H and O–H groups in total. The first-order chi connectivity index (χ1) is 10.3. The second-order valence-corrected chi connectivity index (χ2v) is 8.00. The van der Waals surface area contributed by atoms with Crippen molar-refractivity contribution in [1.82, 2.24) is 4.98 Å². The second kappa shape index (κ2) is 4.41.